The molecule has 1 aromatic rings. The molecule has 1 saturated carbocycles. The summed E-state index contributed by atoms with van der Waals surface area (Å²) in [7, 11) is 1.52. The number of aromatic nitrogens is 1. The number of methoxy groups -OCH3 is 1. The molecule has 0 aliphatic heterocycles. The lowest BCUT2D eigenvalue weighted by Gasteiger charge is -2.08. The van der Waals surface area contributed by atoms with Gasteiger partial charge in [-0.3, -0.25) is 0 Å². The van der Waals surface area contributed by atoms with Gasteiger partial charge in [0.1, 0.15) is 11.6 Å². The van der Waals surface area contributed by atoms with Crippen molar-refractivity contribution in [1.29, 1.82) is 5.26 Å². The first-order chi connectivity index (χ1) is 6.85. The molecule has 0 unspecified atom stereocenters. The Hall–Kier alpha value is -1.76. The van der Waals surface area contributed by atoms with Crippen LogP contribution in [0.4, 0.5) is 5.69 Å². The molecule has 1 heterocycles. The highest BCUT2D eigenvalue weighted by molar-refractivity contribution is 5.61. The predicted octanol–water partition coefficient (Wildman–Crippen LogP) is 1.54. The number of nitrogens with one attached hydrogen (secondary N) is 1. The summed E-state index contributed by atoms with van der Waals surface area (Å²) >= 11 is 0. The normalized spacial score (nSPS) is 14.6. The number of hydrogen-bond acceptors (Lipinski definition) is 4. The van der Waals surface area contributed by atoms with Crippen LogP contribution < -0.4 is 10.1 Å². The standard InChI is InChI=1S/C10H11N3O/c1-14-10-8(6-11)9(4-5-12-10)13-7-2-3-7/h4-5,7H,2-3H2,1H3,(H,12,13). The lowest BCUT2D eigenvalue weighted by atomic mass is 10.2. The molecule has 0 bridgehead atoms. The Kier molecular flexibility index (Phi) is 2.23. The van der Waals surface area contributed by atoms with Crippen molar-refractivity contribution in [1.82, 2.24) is 4.98 Å². The van der Waals surface area contributed by atoms with Crippen molar-refractivity contribution in [3.8, 4) is 11.9 Å². The van der Waals surface area contributed by atoms with Crippen molar-refractivity contribution in [2.24, 2.45) is 0 Å². The van der Waals surface area contributed by atoms with Gasteiger partial charge in [-0.15, -0.1) is 0 Å². The van der Waals surface area contributed by atoms with Gasteiger partial charge >= 0.3 is 0 Å². The fraction of sp³-hybridized carbons (Fsp3) is 0.400. The van der Waals surface area contributed by atoms with Gasteiger partial charge in [-0.1, -0.05) is 0 Å². The summed E-state index contributed by atoms with van der Waals surface area (Å²) in [6.45, 7) is 0. The van der Waals surface area contributed by atoms with Crippen LogP contribution in [0.25, 0.3) is 0 Å². The molecule has 4 nitrogen and oxygen atoms in total. The van der Waals surface area contributed by atoms with Gasteiger partial charge in [0.25, 0.3) is 0 Å². The molecule has 1 fully saturated rings. The van der Waals surface area contributed by atoms with E-state index in [4.69, 9.17) is 10.00 Å². The quantitative estimate of drug-likeness (QED) is 0.783. The van der Waals surface area contributed by atoms with E-state index in [1.807, 2.05) is 0 Å². The first-order valence-electron chi connectivity index (χ1n) is 4.54. The SMILES string of the molecule is COc1nccc(NC2CC2)c1C#N. The van der Waals surface area contributed by atoms with Crippen molar-refractivity contribution in [2.75, 3.05) is 12.4 Å². The molecule has 0 spiro atoms. The van der Waals surface area contributed by atoms with Crippen molar-refractivity contribution in [3.05, 3.63) is 17.8 Å². The topological polar surface area (TPSA) is 57.9 Å². The Bertz CT molecular complexity index is 379. The van der Waals surface area contributed by atoms with Crippen LogP contribution in [0, 0.1) is 11.3 Å². The second-order valence-corrected chi connectivity index (χ2v) is 3.27. The van der Waals surface area contributed by atoms with Crippen molar-refractivity contribution >= 4 is 5.69 Å². The van der Waals surface area contributed by atoms with Crippen molar-refractivity contribution < 1.29 is 4.74 Å². The Morgan fingerprint density at radius 1 is 1.64 bits per heavy atom. The zero-order valence-electron chi connectivity index (χ0n) is 7.95. The number of hydrogen-bond donors (Lipinski definition) is 1. The van der Waals surface area contributed by atoms with Crippen LogP contribution in [0.15, 0.2) is 12.3 Å². The first-order valence-corrected chi connectivity index (χ1v) is 4.54. The van der Waals surface area contributed by atoms with Crippen LogP contribution in [0.2, 0.25) is 0 Å². The monoisotopic (exact) mass is 189 g/mol. The van der Waals surface area contributed by atoms with E-state index in [9.17, 15) is 0 Å². The predicted molar refractivity (Wildman–Crippen MR) is 52.1 cm³/mol. The average Bonchev–Trinajstić information content (AvgIpc) is 3.01. The van der Waals surface area contributed by atoms with Crippen LogP contribution >= 0.6 is 0 Å². The van der Waals surface area contributed by atoms with Gasteiger partial charge in [0.2, 0.25) is 5.88 Å². The van der Waals surface area contributed by atoms with E-state index in [1.165, 1.54) is 20.0 Å². The van der Waals surface area contributed by atoms with Gasteiger partial charge in [0.15, 0.2) is 0 Å². The molecule has 0 radical (unpaired) electrons. The van der Waals surface area contributed by atoms with E-state index >= 15 is 0 Å². The van der Waals surface area contributed by atoms with Crippen LogP contribution in [-0.4, -0.2) is 18.1 Å². The maximum Gasteiger partial charge on any atom is 0.233 e. The molecule has 72 valence electrons. The van der Waals surface area contributed by atoms with E-state index in [0.29, 0.717) is 17.5 Å². The number of nitrogens with zero attached hydrogens (tertiary/aromatic N) is 2. The van der Waals surface area contributed by atoms with Gasteiger partial charge in [-0.05, 0) is 18.9 Å². The minimum Gasteiger partial charge on any atom is -0.480 e. The van der Waals surface area contributed by atoms with E-state index in [2.05, 4.69) is 16.4 Å². The second-order valence-electron chi connectivity index (χ2n) is 3.27. The highest BCUT2D eigenvalue weighted by Gasteiger charge is 2.22. The third-order valence-corrected chi connectivity index (χ3v) is 2.16. The van der Waals surface area contributed by atoms with E-state index < -0.39 is 0 Å². The van der Waals surface area contributed by atoms with E-state index in [1.54, 1.807) is 12.3 Å². The summed E-state index contributed by atoms with van der Waals surface area (Å²) in [5.74, 6) is 0.387. The highest BCUT2D eigenvalue weighted by atomic mass is 16.5. The fourth-order valence-corrected chi connectivity index (χ4v) is 1.27. The number of pyridine rings is 1. The number of ether oxygens (including phenoxy) is 1. The third kappa shape index (κ3) is 1.62. The number of nitriles is 1. The van der Waals surface area contributed by atoms with E-state index in [-0.39, 0.29) is 0 Å². The lowest BCUT2D eigenvalue weighted by Crippen LogP contribution is -2.04. The molecule has 0 amide bonds. The zero-order valence-corrected chi connectivity index (χ0v) is 7.95. The molecule has 1 aromatic heterocycles. The van der Waals surface area contributed by atoms with Crippen LogP contribution in [-0.2, 0) is 0 Å². The Labute approximate surface area is 82.5 Å². The molecule has 1 N–H and O–H groups in total. The molecule has 2 rings (SSSR count). The van der Waals surface area contributed by atoms with Gasteiger partial charge in [0.05, 0.1) is 12.8 Å². The lowest BCUT2D eigenvalue weighted by molar-refractivity contribution is 0.397. The summed E-state index contributed by atoms with van der Waals surface area (Å²) in [4.78, 5) is 3.97. The molecule has 0 saturated heterocycles. The minimum absolute atomic E-state index is 0.387. The van der Waals surface area contributed by atoms with Gasteiger partial charge < -0.3 is 10.1 Å². The summed E-state index contributed by atoms with van der Waals surface area (Å²) in [6, 6.07) is 4.43. The van der Waals surface area contributed by atoms with Gasteiger partial charge in [0, 0.05) is 12.2 Å². The maximum atomic E-state index is 8.95. The van der Waals surface area contributed by atoms with Crippen molar-refractivity contribution in [2.45, 2.75) is 18.9 Å². The Morgan fingerprint density at radius 2 is 2.43 bits per heavy atom. The largest absolute Gasteiger partial charge is 0.480 e. The first kappa shape index (κ1) is 8.82. The van der Waals surface area contributed by atoms with Crippen molar-refractivity contribution in [3.63, 3.8) is 0 Å². The minimum atomic E-state index is 0.387. The number of rotatable bonds is 3. The molecular formula is C10H11N3O. The molecule has 14 heavy (non-hydrogen) atoms. The van der Waals surface area contributed by atoms with E-state index in [0.717, 1.165) is 5.69 Å². The highest BCUT2D eigenvalue weighted by Crippen LogP contribution is 2.29. The molecule has 1 aliphatic carbocycles. The summed E-state index contributed by atoms with van der Waals surface area (Å²) < 4.78 is 5.01. The van der Waals surface area contributed by atoms with Crippen LogP contribution in [0.3, 0.4) is 0 Å². The molecule has 1 aliphatic rings. The molecule has 0 aromatic carbocycles. The fourth-order valence-electron chi connectivity index (χ4n) is 1.27. The summed E-state index contributed by atoms with van der Waals surface area (Å²) in [6.07, 6.45) is 4.00. The van der Waals surface area contributed by atoms with Gasteiger partial charge in [-0.25, -0.2) is 4.98 Å². The third-order valence-electron chi connectivity index (χ3n) is 2.16. The number of anilines is 1. The molecule has 0 atom stereocenters. The Morgan fingerprint density at radius 3 is 3.00 bits per heavy atom. The molecular weight excluding hydrogens is 178 g/mol. The maximum absolute atomic E-state index is 8.95. The summed E-state index contributed by atoms with van der Waals surface area (Å²) in [5.41, 5.74) is 1.31. The average molecular weight is 189 g/mol. The second kappa shape index (κ2) is 3.54. The smallest absolute Gasteiger partial charge is 0.233 e. The van der Waals surface area contributed by atoms with Gasteiger partial charge in [-0.2, -0.15) is 5.26 Å². The van der Waals surface area contributed by atoms with Crippen LogP contribution in [0.5, 0.6) is 5.88 Å². The summed E-state index contributed by atoms with van der Waals surface area (Å²) in [5, 5.41) is 12.2. The zero-order chi connectivity index (χ0) is 9.97. The van der Waals surface area contributed by atoms with Crippen LogP contribution in [0.1, 0.15) is 18.4 Å². The molecule has 4 heteroatoms. The Balaban J connectivity index is 2.32.